The van der Waals surface area contributed by atoms with Crippen molar-refractivity contribution < 1.29 is 9.53 Å². The Kier molecular flexibility index (Phi) is 6.07. The molecule has 24 heavy (non-hydrogen) atoms. The number of morpholine rings is 1. The molecule has 0 atom stereocenters. The van der Waals surface area contributed by atoms with Crippen LogP contribution in [-0.2, 0) is 4.74 Å². The Morgan fingerprint density at radius 3 is 2.21 bits per heavy atom. The number of hydrogen-bond acceptors (Lipinski definition) is 5. The predicted molar refractivity (Wildman–Crippen MR) is 95.3 cm³/mol. The molecule has 0 saturated carbocycles. The number of nitrogens with two attached hydrogens (primary N) is 1. The Balaban J connectivity index is 1.37. The molecular formula is C18H28N4O2. The lowest BCUT2D eigenvalue weighted by atomic mass is 10.0. The molecule has 2 aliphatic heterocycles. The number of carbonyl (C=O) groups excluding carboxylic acids is 1. The van der Waals surface area contributed by atoms with E-state index >= 15 is 0 Å². The van der Waals surface area contributed by atoms with E-state index in [4.69, 9.17) is 10.5 Å². The highest BCUT2D eigenvalue weighted by atomic mass is 16.5. The number of benzene rings is 1. The van der Waals surface area contributed by atoms with Gasteiger partial charge in [0.25, 0.3) is 0 Å². The number of likely N-dealkylation sites (tertiary alicyclic amines) is 1. The minimum atomic E-state index is -0.380. The summed E-state index contributed by atoms with van der Waals surface area (Å²) in [6.45, 7) is 8.47. The van der Waals surface area contributed by atoms with Gasteiger partial charge in [0.05, 0.1) is 13.2 Å². The number of nitrogens with zero attached hydrogens (tertiary/aromatic N) is 2. The molecule has 0 aliphatic carbocycles. The van der Waals surface area contributed by atoms with Crippen molar-refractivity contribution in [2.24, 2.45) is 5.73 Å². The SMILES string of the molecule is NC(=O)c1ccc(NC2CCN(CCN3CCOCC3)CC2)cc1. The number of anilines is 1. The van der Waals surface area contributed by atoms with E-state index in [1.54, 1.807) is 12.1 Å². The van der Waals surface area contributed by atoms with Gasteiger partial charge in [-0.05, 0) is 37.1 Å². The van der Waals surface area contributed by atoms with E-state index in [9.17, 15) is 4.79 Å². The Hall–Kier alpha value is -1.63. The molecule has 2 heterocycles. The molecule has 6 heteroatoms. The van der Waals surface area contributed by atoms with E-state index in [2.05, 4.69) is 15.1 Å². The van der Waals surface area contributed by atoms with Gasteiger partial charge in [0, 0.05) is 56.6 Å². The van der Waals surface area contributed by atoms with Gasteiger partial charge in [-0.15, -0.1) is 0 Å². The average Bonchev–Trinajstić information content (AvgIpc) is 2.62. The smallest absolute Gasteiger partial charge is 0.248 e. The van der Waals surface area contributed by atoms with Crippen LogP contribution >= 0.6 is 0 Å². The third kappa shape index (κ3) is 4.93. The summed E-state index contributed by atoms with van der Waals surface area (Å²) in [5.41, 5.74) is 6.89. The maximum atomic E-state index is 11.1. The van der Waals surface area contributed by atoms with E-state index in [1.807, 2.05) is 12.1 Å². The summed E-state index contributed by atoms with van der Waals surface area (Å²) in [6.07, 6.45) is 2.31. The van der Waals surface area contributed by atoms with Crippen LogP contribution in [0.25, 0.3) is 0 Å². The second kappa shape index (κ2) is 8.46. The van der Waals surface area contributed by atoms with Crippen molar-refractivity contribution in [3.05, 3.63) is 29.8 Å². The average molecular weight is 332 g/mol. The van der Waals surface area contributed by atoms with Gasteiger partial charge in [-0.1, -0.05) is 0 Å². The Labute approximate surface area is 143 Å². The number of hydrogen-bond donors (Lipinski definition) is 2. The summed E-state index contributed by atoms with van der Waals surface area (Å²) >= 11 is 0. The highest BCUT2D eigenvalue weighted by Gasteiger charge is 2.20. The lowest BCUT2D eigenvalue weighted by Crippen LogP contribution is -2.45. The number of primary amides is 1. The van der Waals surface area contributed by atoms with Gasteiger partial charge in [0.2, 0.25) is 5.91 Å². The molecule has 3 rings (SSSR count). The summed E-state index contributed by atoms with van der Waals surface area (Å²) < 4.78 is 5.39. The van der Waals surface area contributed by atoms with Crippen molar-refractivity contribution in [3.8, 4) is 0 Å². The molecule has 2 fully saturated rings. The molecule has 0 bridgehead atoms. The van der Waals surface area contributed by atoms with Crippen molar-refractivity contribution in [2.45, 2.75) is 18.9 Å². The van der Waals surface area contributed by atoms with Gasteiger partial charge in [-0.2, -0.15) is 0 Å². The number of carbonyl (C=O) groups is 1. The molecule has 0 spiro atoms. The quantitative estimate of drug-likeness (QED) is 0.813. The molecule has 2 saturated heterocycles. The minimum Gasteiger partial charge on any atom is -0.382 e. The van der Waals surface area contributed by atoms with Gasteiger partial charge in [-0.25, -0.2) is 0 Å². The van der Waals surface area contributed by atoms with Crippen LogP contribution < -0.4 is 11.1 Å². The zero-order valence-electron chi connectivity index (χ0n) is 14.2. The summed E-state index contributed by atoms with van der Waals surface area (Å²) in [6, 6.07) is 7.93. The Morgan fingerprint density at radius 2 is 1.62 bits per heavy atom. The van der Waals surface area contributed by atoms with E-state index in [1.165, 1.54) is 0 Å². The van der Waals surface area contributed by atoms with E-state index in [0.717, 1.165) is 71.0 Å². The van der Waals surface area contributed by atoms with E-state index < -0.39 is 0 Å². The number of nitrogens with one attached hydrogen (secondary N) is 1. The van der Waals surface area contributed by atoms with Gasteiger partial charge in [-0.3, -0.25) is 9.69 Å². The fourth-order valence-electron chi connectivity index (χ4n) is 3.37. The van der Waals surface area contributed by atoms with Crippen molar-refractivity contribution in [1.82, 2.24) is 9.80 Å². The van der Waals surface area contributed by atoms with Crippen LogP contribution in [0.1, 0.15) is 23.2 Å². The highest BCUT2D eigenvalue weighted by Crippen LogP contribution is 2.17. The first-order chi connectivity index (χ1) is 11.7. The Morgan fingerprint density at radius 1 is 1.04 bits per heavy atom. The van der Waals surface area contributed by atoms with E-state index in [-0.39, 0.29) is 5.91 Å². The third-order valence-corrected chi connectivity index (χ3v) is 4.96. The van der Waals surface area contributed by atoms with Crippen LogP contribution in [0.15, 0.2) is 24.3 Å². The van der Waals surface area contributed by atoms with Crippen LogP contribution in [-0.4, -0.2) is 74.2 Å². The van der Waals surface area contributed by atoms with Crippen LogP contribution in [0.2, 0.25) is 0 Å². The van der Waals surface area contributed by atoms with Crippen LogP contribution in [0.4, 0.5) is 5.69 Å². The van der Waals surface area contributed by atoms with Gasteiger partial charge in [0.1, 0.15) is 0 Å². The third-order valence-electron chi connectivity index (χ3n) is 4.96. The second-order valence-electron chi connectivity index (χ2n) is 6.66. The molecule has 0 aromatic heterocycles. The molecule has 132 valence electrons. The van der Waals surface area contributed by atoms with Crippen LogP contribution in [0, 0.1) is 0 Å². The number of rotatable bonds is 6. The van der Waals surface area contributed by atoms with E-state index in [0.29, 0.717) is 11.6 Å². The number of piperidine rings is 1. The summed E-state index contributed by atoms with van der Waals surface area (Å²) in [4.78, 5) is 16.2. The molecule has 0 radical (unpaired) electrons. The maximum absolute atomic E-state index is 11.1. The van der Waals surface area contributed by atoms with Crippen molar-refractivity contribution in [1.29, 1.82) is 0 Å². The lowest BCUT2D eigenvalue weighted by Gasteiger charge is -2.35. The first-order valence-electron chi connectivity index (χ1n) is 8.89. The number of amides is 1. The largest absolute Gasteiger partial charge is 0.382 e. The number of ether oxygens (including phenoxy) is 1. The van der Waals surface area contributed by atoms with Crippen molar-refractivity contribution >= 4 is 11.6 Å². The molecule has 1 amide bonds. The second-order valence-corrected chi connectivity index (χ2v) is 6.66. The first-order valence-corrected chi connectivity index (χ1v) is 8.89. The summed E-state index contributed by atoms with van der Waals surface area (Å²) in [5.74, 6) is -0.380. The monoisotopic (exact) mass is 332 g/mol. The molecule has 1 aromatic rings. The van der Waals surface area contributed by atoms with Crippen molar-refractivity contribution in [3.63, 3.8) is 0 Å². The maximum Gasteiger partial charge on any atom is 0.248 e. The standard InChI is InChI=1S/C18H28N4O2/c19-18(23)15-1-3-16(4-2-15)20-17-5-7-21(8-6-17)9-10-22-11-13-24-14-12-22/h1-4,17,20H,5-14H2,(H2,19,23). The first kappa shape index (κ1) is 17.2. The molecular weight excluding hydrogens is 304 g/mol. The topological polar surface area (TPSA) is 70.8 Å². The predicted octanol–water partition coefficient (Wildman–Crippen LogP) is 0.994. The zero-order chi connectivity index (χ0) is 16.8. The van der Waals surface area contributed by atoms with Crippen LogP contribution in [0.5, 0.6) is 0 Å². The normalized spacial score (nSPS) is 20.8. The van der Waals surface area contributed by atoms with Gasteiger partial charge in [0.15, 0.2) is 0 Å². The zero-order valence-corrected chi connectivity index (χ0v) is 14.2. The van der Waals surface area contributed by atoms with Gasteiger partial charge >= 0.3 is 0 Å². The molecule has 0 unspecified atom stereocenters. The molecule has 6 nitrogen and oxygen atoms in total. The van der Waals surface area contributed by atoms with Gasteiger partial charge < -0.3 is 20.7 Å². The molecule has 3 N–H and O–H groups in total. The lowest BCUT2D eigenvalue weighted by molar-refractivity contribution is 0.0322. The minimum absolute atomic E-state index is 0.380. The summed E-state index contributed by atoms with van der Waals surface area (Å²) in [7, 11) is 0. The molecule has 1 aromatic carbocycles. The van der Waals surface area contributed by atoms with Crippen LogP contribution in [0.3, 0.4) is 0 Å². The van der Waals surface area contributed by atoms with Crippen molar-refractivity contribution in [2.75, 3.05) is 57.8 Å². The Bertz CT molecular complexity index is 520. The fraction of sp³-hybridized carbons (Fsp3) is 0.611. The highest BCUT2D eigenvalue weighted by molar-refractivity contribution is 5.93. The summed E-state index contributed by atoms with van der Waals surface area (Å²) in [5, 5.41) is 3.57. The molecule has 2 aliphatic rings. The fourth-order valence-corrected chi connectivity index (χ4v) is 3.37.